The first-order chi connectivity index (χ1) is 12.3. The van der Waals surface area contributed by atoms with Crippen molar-refractivity contribution in [3.63, 3.8) is 0 Å². The normalized spacial score (nSPS) is 16.9. The molecule has 0 unspecified atom stereocenters. The Labute approximate surface area is 150 Å². The fourth-order valence-electron chi connectivity index (χ4n) is 2.25. The van der Waals surface area contributed by atoms with Crippen LogP contribution in [0.5, 0.6) is 0 Å². The summed E-state index contributed by atoms with van der Waals surface area (Å²) in [6, 6.07) is 8.32. The van der Waals surface area contributed by atoms with Crippen molar-refractivity contribution in [2.45, 2.75) is 25.7 Å². The van der Waals surface area contributed by atoms with Gasteiger partial charge in [-0.05, 0) is 12.5 Å². The molecule has 0 radical (unpaired) electrons. The number of Topliss-reactive ketones (excluding diaryl/α,β-unsaturated/α-hetero) is 1. The third kappa shape index (κ3) is 4.56. The molecule has 0 saturated heterocycles. The Morgan fingerprint density at radius 3 is 2.54 bits per heavy atom. The topological polar surface area (TPSA) is 139 Å². The van der Waals surface area contributed by atoms with Gasteiger partial charge in [0.25, 0.3) is 0 Å². The van der Waals surface area contributed by atoms with Crippen molar-refractivity contribution in [2.24, 2.45) is 5.73 Å². The number of ether oxygens (including phenoxy) is 1. The fourth-order valence-corrected chi connectivity index (χ4v) is 2.25. The summed E-state index contributed by atoms with van der Waals surface area (Å²) in [4.78, 5) is 35.3. The number of carbonyl (C=O) groups is 3. The molecule has 1 aliphatic carbocycles. The van der Waals surface area contributed by atoms with Crippen LogP contribution in [0.15, 0.2) is 53.5 Å². The van der Waals surface area contributed by atoms with E-state index >= 15 is 0 Å². The molecule has 0 bridgehead atoms. The maximum absolute atomic E-state index is 12.1. The largest absolute Gasteiger partial charge is 0.504 e. The van der Waals surface area contributed by atoms with Crippen molar-refractivity contribution in [2.75, 3.05) is 6.54 Å². The summed E-state index contributed by atoms with van der Waals surface area (Å²) in [5.41, 5.74) is 6.37. The molecule has 2 atom stereocenters. The number of nitrogens with two attached hydrogens (primary N) is 1. The molecular weight excluding hydrogens is 340 g/mol. The molecule has 8 nitrogen and oxygen atoms in total. The van der Waals surface area contributed by atoms with Gasteiger partial charge in [-0.2, -0.15) is 0 Å². The van der Waals surface area contributed by atoms with E-state index in [1.165, 1.54) is 0 Å². The number of hydrogen-bond donors (Lipinski definition) is 4. The Hall–Kier alpha value is -2.97. The van der Waals surface area contributed by atoms with Gasteiger partial charge in [0.1, 0.15) is 6.04 Å². The minimum atomic E-state index is -1.03. The van der Waals surface area contributed by atoms with Gasteiger partial charge < -0.3 is 26.0 Å². The zero-order valence-electron chi connectivity index (χ0n) is 14.1. The lowest BCUT2D eigenvalue weighted by Gasteiger charge is -2.21. The van der Waals surface area contributed by atoms with Crippen molar-refractivity contribution in [3.05, 3.63) is 59.1 Å². The number of ketones is 2. The van der Waals surface area contributed by atoms with Crippen LogP contribution in [0, 0.1) is 0 Å². The maximum Gasteiger partial charge on any atom is 0.239 e. The van der Waals surface area contributed by atoms with Gasteiger partial charge in [0.05, 0.1) is 24.8 Å². The molecule has 0 heterocycles. The zero-order valence-corrected chi connectivity index (χ0v) is 14.1. The number of hydrogen-bond acceptors (Lipinski definition) is 7. The van der Waals surface area contributed by atoms with Gasteiger partial charge in [-0.25, -0.2) is 0 Å². The Morgan fingerprint density at radius 2 is 1.88 bits per heavy atom. The highest BCUT2D eigenvalue weighted by Gasteiger charge is 2.29. The number of rotatable bonds is 7. The van der Waals surface area contributed by atoms with Gasteiger partial charge in [0.15, 0.2) is 11.5 Å². The molecule has 138 valence electrons. The molecule has 1 aromatic carbocycles. The number of allylic oxidation sites excluding steroid dienone is 2. The smallest absolute Gasteiger partial charge is 0.239 e. The van der Waals surface area contributed by atoms with Crippen molar-refractivity contribution in [1.82, 2.24) is 5.32 Å². The molecule has 1 aliphatic rings. The lowest BCUT2D eigenvalue weighted by Crippen LogP contribution is -2.49. The van der Waals surface area contributed by atoms with Gasteiger partial charge in [0, 0.05) is 6.08 Å². The predicted molar refractivity (Wildman–Crippen MR) is 92.1 cm³/mol. The highest BCUT2D eigenvalue weighted by atomic mass is 16.5. The average Bonchev–Trinajstić information content (AvgIpc) is 2.64. The SMILES string of the molecule is C[C@@H](OCc1ccccc1)[C@H](N)C(=O)NCC1=C(O)C(=O)C=C(O)C1=O. The van der Waals surface area contributed by atoms with Gasteiger partial charge >= 0.3 is 0 Å². The number of aliphatic hydroxyl groups excluding tert-OH is 2. The highest BCUT2D eigenvalue weighted by Crippen LogP contribution is 2.15. The first-order valence-corrected chi connectivity index (χ1v) is 7.92. The molecule has 2 rings (SSSR count). The summed E-state index contributed by atoms with van der Waals surface area (Å²) < 4.78 is 5.56. The summed E-state index contributed by atoms with van der Waals surface area (Å²) >= 11 is 0. The molecule has 0 spiro atoms. The molecule has 0 saturated carbocycles. The Balaban J connectivity index is 1.89. The highest BCUT2D eigenvalue weighted by molar-refractivity contribution is 6.21. The molecule has 26 heavy (non-hydrogen) atoms. The average molecular weight is 360 g/mol. The summed E-state index contributed by atoms with van der Waals surface area (Å²) in [7, 11) is 0. The molecule has 1 aromatic rings. The molecule has 5 N–H and O–H groups in total. The predicted octanol–water partition coefficient (Wildman–Crippen LogP) is 0.441. The van der Waals surface area contributed by atoms with Crippen molar-refractivity contribution in [1.29, 1.82) is 0 Å². The number of benzene rings is 1. The number of aliphatic hydroxyl groups is 2. The van der Waals surface area contributed by atoms with E-state index in [2.05, 4.69) is 5.32 Å². The van der Waals surface area contributed by atoms with Crippen LogP contribution in [0.1, 0.15) is 12.5 Å². The summed E-state index contributed by atoms with van der Waals surface area (Å²) in [6.07, 6.45) is 0.00331. The van der Waals surface area contributed by atoms with Crippen LogP contribution in [0.3, 0.4) is 0 Å². The van der Waals surface area contributed by atoms with Crippen LogP contribution in [0.25, 0.3) is 0 Å². The molecule has 0 fully saturated rings. The molecule has 8 heteroatoms. The second-order valence-corrected chi connectivity index (χ2v) is 5.80. The molecule has 1 amide bonds. The molecule has 0 aliphatic heterocycles. The number of nitrogens with one attached hydrogen (secondary N) is 1. The standard InChI is InChI=1S/C18H20N2O6/c1-10(26-9-11-5-3-2-4-6-11)15(19)18(25)20-8-12-16(23)13(21)7-14(22)17(12)24/h2-7,10,15,21,24H,8-9,19H2,1H3,(H,20,25)/t10-,15+/m1/s1. The Kier molecular flexibility index (Phi) is 6.26. The second-order valence-electron chi connectivity index (χ2n) is 5.80. The van der Waals surface area contributed by atoms with E-state index in [0.717, 1.165) is 5.56 Å². The lowest BCUT2D eigenvalue weighted by molar-refractivity contribution is -0.126. The second kappa shape index (κ2) is 8.41. The molecular formula is C18H20N2O6. The molecule has 0 aromatic heterocycles. The Bertz CT molecular complexity index is 769. The zero-order chi connectivity index (χ0) is 19.3. The van der Waals surface area contributed by atoms with E-state index in [0.29, 0.717) is 6.08 Å². The van der Waals surface area contributed by atoms with Crippen molar-refractivity contribution >= 4 is 17.5 Å². The van der Waals surface area contributed by atoms with E-state index < -0.39 is 53.3 Å². The van der Waals surface area contributed by atoms with Crippen LogP contribution in [0.2, 0.25) is 0 Å². The van der Waals surface area contributed by atoms with E-state index in [1.54, 1.807) is 6.92 Å². The maximum atomic E-state index is 12.1. The third-order valence-electron chi connectivity index (χ3n) is 3.90. The van der Waals surface area contributed by atoms with Gasteiger partial charge in [-0.1, -0.05) is 30.3 Å². The third-order valence-corrected chi connectivity index (χ3v) is 3.90. The van der Waals surface area contributed by atoms with Crippen LogP contribution in [-0.4, -0.2) is 46.4 Å². The summed E-state index contributed by atoms with van der Waals surface area (Å²) in [5.74, 6) is -4.06. The van der Waals surface area contributed by atoms with Gasteiger partial charge in [-0.3, -0.25) is 14.4 Å². The monoisotopic (exact) mass is 360 g/mol. The first kappa shape index (κ1) is 19.4. The van der Waals surface area contributed by atoms with Crippen molar-refractivity contribution in [3.8, 4) is 0 Å². The van der Waals surface area contributed by atoms with Crippen LogP contribution < -0.4 is 11.1 Å². The minimum absolute atomic E-state index is 0.278. The van der Waals surface area contributed by atoms with Gasteiger partial charge in [-0.15, -0.1) is 0 Å². The fraction of sp³-hybridized carbons (Fsp3) is 0.278. The van der Waals surface area contributed by atoms with E-state index in [-0.39, 0.29) is 6.61 Å². The van der Waals surface area contributed by atoms with Crippen LogP contribution in [0.4, 0.5) is 0 Å². The first-order valence-electron chi connectivity index (χ1n) is 7.92. The summed E-state index contributed by atoms with van der Waals surface area (Å²) in [6.45, 7) is 1.47. The Morgan fingerprint density at radius 1 is 1.23 bits per heavy atom. The van der Waals surface area contributed by atoms with Gasteiger partial charge in [0.2, 0.25) is 17.5 Å². The quantitative estimate of drug-likeness (QED) is 0.517. The number of carbonyl (C=O) groups excluding carboxylic acids is 3. The lowest BCUT2D eigenvalue weighted by atomic mass is 10.00. The van der Waals surface area contributed by atoms with Crippen LogP contribution in [-0.2, 0) is 25.7 Å². The minimum Gasteiger partial charge on any atom is -0.504 e. The van der Waals surface area contributed by atoms with E-state index in [9.17, 15) is 24.6 Å². The van der Waals surface area contributed by atoms with Crippen LogP contribution >= 0.6 is 0 Å². The summed E-state index contributed by atoms with van der Waals surface area (Å²) in [5, 5.41) is 21.4. The number of amides is 1. The van der Waals surface area contributed by atoms with Crippen molar-refractivity contribution < 1.29 is 29.3 Å². The van der Waals surface area contributed by atoms with E-state index in [4.69, 9.17) is 10.5 Å². The van der Waals surface area contributed by atoms with E-state index in [1.807, 2.05) is 30.3 Å².